The summed E-state index contributed by atoms with van der Waals surface area (Å²) in [6, 6.07) is 15.1. The number of benzene rings is 3. The molecule has 3 aromatic carbocycles. The van der Waals surface area contributed by atoms with Crippen LogP contribution in [0.3, 0.4) is 0 Å². The number of aromatic amines is 1. The van der Waals surface area contributed by atoms with Crippen LogP contribution >= 0.6 is 11.8 Å². The molecule has 0 aliphatic heterocycles. The van der Waals surface area contributed by atoms with Gasteiger partial charge in [-0.25, -0.2) is 4.79 Å². The molecule has 0 fully saturated rings. The Labute approximate surface area is 276 Å². The third kappa shape index (κ3) is 9.99. The number of carboxylic acids is 1. The van der Waals surface area contributed by atoms with E-state index in [1.165, 1.54) is 36.0 Å². The number of aromatic hydroxyl groups is 2. The number of thioether (sulfide) groups is 1. The van der Waals surface area contributed by atoms with E-state index in [0.717, 1.165) is 16.5 Å². The van der Waals surface area contributed by atoms with Gasteiger partial charge >= 0.3 is 5.97 Å². The highest BCUT2D eigenvalue weighted by molar-refractivity contribution is 7.98. The number of carbonyl (C=O) groups excluding carboxylic acids is 3. The van der Waals surface area contributed by atoms with Crippen LogP contribution in [0.5, 0.6) is 11.5 Å². The summed E-state index contributed by atoms with van der Waals surface area (Å²) in [7, 11) is 0. The number of para-hydroxylation sites is 1. The van der Waals surface area contributed by atoms with Crippen molar-refractivity contribution >= 4 is 46.4 Å². The molecule has 0 aliphatic carbocycles. The lowest BCUT2D eigenvalue weighted by Crippen LogP contribution is -2.58. The first-order chi connectivity index (χ1) is 22.5. The highest BCUT2D eigenvalue weighted by Gasteiger charge is 2.31. The Morgan fingerprint density at radius 2 is 1.28 bits per heavy atom. The summed E-state index contributed by atoms with van der Waals surface area (Å²) in [6.07, 6.45) is 4.06. The van der Waals surface area contributed by atoms with Crippen LogP contribution in [0.25, 0.3) is 10.9 Å². The van der Waals surface area contributed by atoms with Crippen molar-refractivity contribution in [3.05, 3.63) is 95.7 Å². The molecular formula is C34H39N5O7S. The lowest BCUT2D eigenvalue weighted by atomic mass is 10.0. The highest BCUT2D eigenvalue weighted by Crippen LogP contribution is 2.19. The van der Waals surface area contributed by atoms with Crippen LogP contribution in [0.4, 0.5) is 0 Å². The molecule has 4 unspecified atom stereocenters. The van der Waals surface area contributed by atoms with Crippen LogP contribution < -0.4 is 21.7 Å². The van der Waals surface area contributed by atoms with Crippen LogP contribution in [0.2, 0.25) is 0 Å². The van der Waals surface area contributed by atoms with Gasteiger partial charge in [-0.05, 0) is 71.9 Å². The number of carboxylic acid groups (broad SMARTS) is 1. The first kappa shape index (κ1) is 34.9. The van der Waals surface area contributed by atoms with Crippen molar-refractivity contribution in [2.45, 2.75) is 49.9 Å². The number of nitrogens with two attached hydrogens (primary N) is 1. The summed E-state index contributed by atoms with van der Waals surface area (Å²) >= 11 is 1.48. The van der Waals surface area contributed by atoms with Crippen LogP contribution in [0.1, 0.15) is 23.1 Å². The number of phenolic OH excluding ortho intramolecular Hbond substituents is 2. The van der Waals surface area contributed by atoms with E-state index in [4.69, 9.17) is 5.73 Å². The number of rotatable bonds is 16. The van der Waals surface area contributed by atoms with Gasteiger partial charge in [-0.1, -0.05) is 42.5 Å². The maximum atomic E-state index is 13.7. The lowest BCUT2D eigenvalue weighted by Gasteiger charge is -2.25. The first-order valence-electron chi connectivity index (χ1n) is 15.0. The van der Waals surface area contributed by atoms with E-state index in [2.05, 4.69) is 20.9 Å². The predicted octanol–water partition coefficient (Wildman–Crippen LogP) is 2.23. The normalized spacial score (nSPS) is 13.7. The van der Waals surface area contributed by atoms with Gasteiger partial charge in [0.2, 0.25) is 17.7 Å². The molecule has 1 aromatic heterocycles. The molecule has 13 heteroatoms. The zero-order valence-corrected chi connectivity index (χ0v) is 26.6. The number of hydrogen-bond donors (Lipinski definition) is 8. The molecule has 0 saturated carbocycles. The smallest absolute Gasteiger partial charge is 0.326 e. The fourth-order valence-corrected chi connectivity index (χ4v) is 5.57. The zero-order chi connectivity index (χ0) is 33.9. The first-order valence-corrected chi connectivity index (χ1v) is 16.4. The largest absolute Gasteiger partial charge is 0.508 e. The average molecular weight is 662 g/mol. The number of carbonyl (C=O) groups is 4. The number of amides is 3. The number of aliphatic carboxylic acids is 1. The standard InChI is InChI=1S/C34H39N5O7S/c1-47-15-14-28(37-31(42)26(35)18-22-19-36-27-5-3-2-4-25(22)27)32(43)38-29(16-20-6-10-23(40)11-7-20)33(44)39-30(34(45)46)17-21-8-12-24(41)13-9-21/h2-13,19,26,28-30,36,40-41H,14-18,35H2,1H3,(H,37,42)(H,38,43)(H,39,44)(H,45,46). The van der Waals surface area contributed by atoms with Gasteiger partial charge in [-0.2, -0.15) is 11.8 Å². The van der Waals surface area contributed by atoms with Gasteiger partial charge in [-0.15, -0.1) is 0 Å². The minimum atomic E-state index is -1.33. The Balaban J connectivity index is 1.49. The minimum Gasteiger partial charge on any atom is -0.508 e. The predicted molar refractivity (Wildman–Crippen MR) is 180 cm³/mol. The summed E-state index contributed by atoms with van der Waals surface area (Å²) in [6.45, 7) is 0. The summed E-state index contributed by atoms with van der Waals surface area (Å²) in [4.78, 5) is 55.7. The number of phenols is 2. The minimum absolute atomic E-state index is 0.0162. The molecule has 47 heavy (non-hydrogen) atoms. The second-order valence-electron chi connectivity index (χ2n) is 11.2. The number of H-pyrrole nitrogens is 1. The van der Waals surface area contributed by atoms with E-state index in [0.29, 0.717) is 16.9 Å². The number of hydrogen-bond acceptors (Lipinski definition) is 8. The van der Waals surface area contributed by atoms with Crippen molar-refractivity contribution in [3.63, 3.8) is 0 Å². The Bertz CT molecular complexity index is 1680. The van der Waals surface area contributed by atoms with Gasteiger partial charge in [0.05, 0.1) is 6.04 Å². The van der Waals surface area contributed by atoms with Crippen molar-refractivity contribution < 1.29 is 34.5 Å². The Morgan fingerprint density at radius 3 is 1.87 bits per heavy atom. The second kappa shape index (κ2) is 16.5. The van der Waals surface area contributed by atoms with Crippen molar-refractivity contribution in [2.24, 2.45) is 5.73 Å². The maximum absolute atomic E-state index is 13.7. The topological polar surface area (TPSA) is 207 Å². The average Bonchev–Trinajstić information content (AvgIpc) is 3.46. The third-order valence-corrected chi connectivity index (χ3v) is 8.34. The molecule has 0 saturated heterocycles. The van der Waals surface area contributed by atoms with Crippen molar-refractivity contribution in [1.82, 2.24) is 20.9 Å². The summed E-state index contributed by atoms with van der Waals surface area (Å²) in [5, 5.41) is 38.1. The van der Waals surface area contributed by atoms with Crippen molar-refractivity contribution in [3.8, 4) is 11.5 Å². The zero-order valence-electron chi connectivity index (χ0n) is 25.8. The molecule has 4 atom stereocenters. The molecule has 3 amide bonds. The molecule has 0 aliphatic rings. The SMILES string of the molecule is CSCCC(NC(=O)C(N)Cc1c[nH]c2ccccc12)C(=O)NC(Cc1ccc(O)cc1)C(=O)NC(Cc1ccc(O)cc1)C(=O)O. The fraction of sp³-hybridized carbons (Fsp3) is 0.294. The lowest BCUT2D eigenvalue weighted by molar-refractivity contribution is -0.142. The van der Waals surface area contributed by atoms with Crippen LogP contribution in [-0.2, 0) is 38.4 Å². The number of fused-ring (bicyclic) bond motifs is 1. The third-order valence-electron chi connectivity index (χ3n) is 7.70. The number of nitrogens with one attached hydrogen (secondary N) is 4. The van der Waals surface area contributed by atoms with E-state index >= 15 is 0 Å². The van der Waals surface area contributed by atoms with E-state index < -0.39 is 47.9 Å². The molecule has 248 valence electrons. The van der Waals surface area contributed by atoms with Gasteiger partial charge in [0, 0.05) is 29.9 Å². The van der Waals surface area contributed by atoms with Gasteiger partial charge in [0.25, 0.3) is 0 Å². The van der Waals surface area contributed by atoms with E-state index in [-0.39, 0.29) is 37.2 Å². The van der Waals surface area contributed by atoms with Crippen LogP contribution in [-0.4, -0.2) is 80.2 Å². The van der Waals surface area contributed by atoms with Gasteiger partial charge < -0.3 is 42.0 Å². The molecule has 0 radical (unpaired) electrons. The van der Waals surface area contributed by atoms with Crippen LogP contribution in [0, 0.1) is 0 Å². The molecule has 0 bridgehead atoms. The summed E-state index contributed by atoms with van der Waals surface area (Å²) in [5.74, 6) is -2.63. The van der Waals surface area contributed by atoms with Crippen molar-refractivity contribution in [2.75, 3.05) is 12.0 Å². The molecule has 4 rings (SSSR count). The van der Waals surface area contributed by atoms with Gasteiger partial charge in [-0.3, -0.25) is 14.4 Å². The summed E-state index contributed by atoms with van der Waals surface area (Å²) < 4.78 is 0. The Morgan fingerprint density at radius 1 is 0.745 bits per heavy atom. The molecule has 12 nitrogen and oxygen atoms in total. The van der Waals surface area contributed by atoms with Gasteiger partial charge in [0.15, 0.2) is 0 Å². The number of aromatic nitrogens is 1. The maximum Gasteiger partial charge on any atom is 0.326 e. The molecule has 1 heterocycles. The highest BCUT2D eigenvalue weighted by atomic mass is 32.2. The quantitative estimate of drug-likeness (QED) is 0.0885. The Kier molecular flexibility index (Phi) is 12.3. The van der Waals surface area contributed by atoms with Crippen LogP contribution in [0.15, 0.2) is 79.0 Å². The molecule has 9 N–H and O–H groups in total. The monoisotopic (exact) mass is 661 g/mol. The van der Waals surface area contributed by atoms with Gasteiger partial charge in [0.1, 0.15) is 29.6 Å². The van der Waals surface area contributed by atoms with E-state index in [1.54, 1.807) is 30.5 Å². The fourth-order valence-electron chi connectivity index (χ4n) is 5.10. The Hall–Kier alpha value is -5.01. The molecular weight excluding hydrogens is 622 g/mol. The van der Waals surface area contributed by atoms with Crippen molar-refractivity contribution in [1.29, 1.82) is 0 Å². The second-order valence-corrected chi connectivity index (χ2v) is 12.2. The molecule has 0 spiro atoms. The summed E-state index contributed by atoms with van der Waals surface area (Å²) in [5.41, 5.74) is 9.22. The van der Waals surface area contributed by atoms with E-state index in [1.807, 2.05) is 30.5 Å². The molecule has 4 aromatic rings. The van der Waals surface area contributed by atoms with E-state index in [9.17, 15) is 34.5 Å².